The second-order valence-corrected chi connectivity index (χ2v) is 9.55. The van der Waals surface area contributed by atoms with Crippen LogP contribution in [0.2, 0.25) is 0 Å². The molecule has 4 aromatic rings. The molecule has 0 fully saturated rings. The molecule has 2 heterocycles. The topological polar surface area (TPSA) is 99.9 Å². The summed E-state index contributed by atoms with van der Waals surface area (Å²) in [5, 5.41) is 2.84. The number of hydrogen-bond acceptors (Lipinski definition) is 8. The summed E-state index contributed by atoms with van der Waals surface area (Å²) >= 11 is 0. The van der Waals surface area contributed by atoms with E-state index in [0.717, 1.165) is 5.56 Å². The largest absolute Gasteiger partial charge is 0.497 e. The fraction of sp³-hybridized carbons (Fsp3) is 0.160. The van der Waals surface area contributed by atoms with E-state index in [2.05, 4.69) is 10.3 Å². The van der Waals surface area contributed by atoms with Gasteiger partial charge >= 0.3 is 0 Å². The van der Waals surface area contributed by atoms with Gasteiger partial charge in [0.05, 0.1) is 12.0 Å². The normalized spacial score (nSPS) is 12.9. The van der Waals surface area contributed by atoms with Gasteiger partial charge in [0, 0.05) is 17.3 Å². The van der Waals surface area contributed by atoms with E-state index in [0.29, 0.717) is 41.7 Å². The number of rotatable bonds is 6. The van der Waals surface area contributed by atoms with Crippen LogP contribution in [0.3, 0.4) is 0 Å². The molecule has 0 spiro atoms. The molecule has 1 N–H and O–H groups in total. The smallest absolute Gasteiger partial charge is 0.238 e. The average molecular weight is 479 g/mol. The van der Waals surface area contributed by atoms with Crippen molar-refractivity contribution in [2.75, 3.05) is 25.6 Å². The van der Waals surface area contributed by atoms with Gasteiger partial charge in [-0.3, -0.25) is 0 Å². The molecule has 34 heavy (non-hydrogen) atoms. The number of benzene rings is 3. The molecular formula is C25H22N2O6S. The molecule has 0 saturated carbocycles. The molecule has 3 aromatic carbocycles. The molecule has 5 rings (SSSR count). The number of nitrogens with zero attached hydrogens (tertiary/aromatic N) is 1. The zero-order valence-electron chi connectivity index (χ0n) is 18.6. The van der Waals surface area contributed by atoms with E-state index < -0.39 is 9.84 Å². The van der Waals surface area contributed by atoms with Gasteiger partial charge < -0.3 is 23.9 Å². The molecule has 0 atom stereocenters. The third-order valence-electron chi connectivity index (χ3n) is 5.32. The van der Waals surface area contributed by atoms with Crippen molar-refractivity contribution in [3.05, 3.63) is 72.3 Å². The molecule has 1 aliphatic rings. The fourth-order valence-corrected chi connectivity index (χ4v) is 4.77. The van der Waals surface area contributed by atoms with Crippen LogP contribution in [0.5, 0.6) is 17.2 Å². The summed E-state index contributed by atoms with van der Waals surface area (Å²) in [6.45, 7) is 2.73. The summed E-state index contributed by atoms with van der Waals surface area (Å²) in [6.07, 6.45) is 0. The summed E-state index contributed by atoms with van der Waals surface area (Å²) in [5.74, 6) is 1.72. The van der Waals surface area contributed by atoms with E-state index in [9.17, 15) is 8.42 Å². The highest BCUT2D eigenvalue weighted by Gasteiger charge is 2.30. The monoisotopic (exact) mass is 478 g/mol. The Morgan fingerprint density at radius 3 is 2.32 bits per heavy atom. The Labute approximate surface area is 197 Å². The summed E-state index contributed by atoms with van der Waals surface area (Å²) in [5.41, 5.74) is 2.35. The Bertz CT molecular complexity index is 1430. The van der Waals surface area contributed by atoms with Crippen molar-refractivity contribution in [1.29, 1.82) is 0 Å². The van der Waals surface area contributed by atoms with Crippen molar-refractivity contribution in [3.8, 4) is 28.7 Å². The van der Waals surface area contributed by atoms with Gasteiger partial charge in [-0.1, -0.05) is 17.7 Å². The van der Waals surface area contributed by atoms with Crippen LogP contribution in [-0.4, -0.2) is 33.7 Å². The predicted octanol–water partition coefficient (Wildman–Crippen LogP) is 5.01. The first-order valence-electron chi connectivity index (χ1n) is 10.6. The third kappa shape index (κ3) is 4.17. The van der Waals surface area contributed by atoms with E-state index in [4.69, 9.17) is 18.6 Å². The molecular weight excluding hydrogens is 456 g/mol. The van der Waals surface area contributed by atoms with Crippen LogP contribution in [0.4, 0.5) is 11.6 Å². The van der Waals surface area contributed by atoms with Crippen molar-refractivity contribution in [1.82, 2.24) is 4.98 Å². The first-order chi connectivity index (χ1) is 16.4. The number of nitrogens with one attached hydrogen (secondary N) is 1. The summed E-state index contributed by atoms with van der Waals surface area (Å²) in [4.78, 5) is 4.41. The summed E-state index contributed by atoms with van der Waals surface area (Å²) < 4.78 is 49.5. The Morgan fingerprint density at radius 2 is 1.62 bits per heavy atom. The molecule has 0 amide bonds. The molecule has 0 unspecified atom stereocenters. The Morgan fingerprint density at radius 1 is 0.912 bits per heavy atom. The first-order valence-corrected chi connectivity index (χ1v) is 12.1. The van der Waals surface area contributed by atoms with Crippen molar-refractivity contribution in [3.63, 3.8) is 0 Å². The number of anilines is 2. The zero-order chi connectivity index (χ0) is 23.7. The average Bonchev–Trinajstić information content (AvgIpc) is 3.30. The van der Waals surface area contributed by atoms with Crippen LogP contribution in [-0.2, 0) is 9.84 Å². The number of aryl methyl sites for hydroxylation is 1. The Kier molecular flexibility index (Phi) is 5.62. The number of methoxy groups -OCH3 is 1. The van der Waals surface area contributed by atoms with Gasteiger partial charge in [0.1, 0.15) is 19.0 Å². The standard InChI is InChI=1S/C25H22N2O6S/c1-16-3-7-18(8-4-16)26-24-25(27-23(33-24)17-5-9-19(30-2)10-6-17)34(28,29)20-11-12-21-22(15-20)32-14-13-31-21/h3-12,15,26H,13-14H2,1-2H3. The van der Waals surface area contributed by atoms with Crippen LogP contribution < -0.4 is 19.5 Å². The van der Waals surface area contributed by atoms with E-state index in [1.165, 1.54) is 12.1 Å². The van der Waals surface area contributed by atoms with Crippen LogP contribution >= 0.6 is 0 Å². The minimum atomic E-state index is -4.06. The molecule has 0 aliphatic carbocycles. The predicted molar refractivity (Wildman–Crippen MR) is 126 cm³/mol. The highest BCUT2D eigenvalue weighted by atomic mass is 32.2. The number of aromatic nitrogens is 1. The maximum Gasteiger partial charge on any atom is 0.238 e. The van der Waals surface area contributed by atoms with Crippen molar-refractivity contribution in [2.45, 2.75) is 16.8 Å². The molecule has 8 nitrogen and oxygen atoms in total. The zero-order valence-corrected chi connectivity index (χ0v) is 19.4. The quantitative estimate of drug-likeness (QED) is 0.413. The lowest BCUT2D eigenvalue weighted by Gasteiger charge is -2.18. The lowest BCUT2D eigenvalue weighted by molar-refractivity contribution is 0.171. The van der Waals surface area contributed by atoms with E-state index in [1.807, 2.05) is 31.2 Å². The van der Waals surface area contributed by atoms with Gasteiger partial charge in [-0.2, -0.15) is 4.98 Å². The van der Waals surface area contributed by atoms with Gasteiger partial charge in [0.15, 0.2) is 11.5 Å². The van der Waals surface area contributed by atoms with Crippen LogP contribution in [0, 0.1) is 6.92 Å². The maximum absolute atomic E-state index is 13.7. The van der Waals surface area contributed by atoms with Gasteiger partial charge in [-0.15, -0.1) is 0 Å². The highest BCUT2D eigenvalue weighted by molar-refractivity contribution is 7.91. The minimum absolute atomic E-state index is 0.0181. The Balaban J connectivity index is 1.59. The van der Waals surface area contributed by atoms with E-state index in [-0.39, 0.29) is 21.7 Å². The molecule has 0 bridgehead atoms. The van der Waals surface area contributed by atoms with Gasteiger partial charge in [-0.25, -0.2) is 8.42 Å². The second-order valence-electron chi connectivity index (χ2n) is 7.68. The number of hydrogen-bond donors (Lipinski definition) is 1. The van der Waals surface area contributed by atoms with E-state index in [1.54, 1.807) is 37.4 Å². The summed E-state index contributed by atoms with van der Waals surface area (Å²) in [6, 6.07) is 19.0. The maximum atomic E-state index is 13.7. The molecule has 0 saturated heterocycles. The summed E-state index contributed by atoms with van der Waals surface area (Å²) in [7, 11) is -2.49. The van der Waals surface area contributed by atoms with E-state index >= 15 is 0 Å². The first kappa shape index (κ1) is 21.8. The minimum Gasteiger partial charge on any atom is -0.497 e. The van der Waals surface area contributed by atoms with Gasteiger partial charge in [0.25, 0.3) is 0 Å². The number of oxazole rings is 1. The molecule has 1 aromatic heterocycles. The van der Waals surface area contributed by atoms with Gasteiger partial charge in [-0.05, 0) is 55.5 Å². The van der Waals surface area contributed by atoms with Crippen LogP contribution in [0.1, 0.15) is 5.56 Å². The molecule has 9 heteroatoms. The SMILES string of the molecule is COc1ccc(-c2nc(S(=O)(=O)c3ccc4c(c3)OCCO4)c(Nc3ccc(C)cc3)o2)cc1. The molecule has 0 radical (unpaired) electrons. The second kappa shape index (κ2) is 8.75. The van der Waals surface area contributed by atoms with Crippen molar-refractivity contribution >= 4 is 21.4 Å². The van der Waals surface area contributed by atoms with Crippen LogP contribution in [0.15, 0.2) is 81.1 Å². The lowest BCUT2D eigenvalue weighted by atomic mass is 10.2. The van der Waals surface area contributed by atoms with Crippen molar-refractivity contribution in [2.24, 2.45) is 0 Å². The molecule has 174 valence electrons. The fourth-order valence-electron chi connectivity index (χ4n) is 3.49. The van der Waals surface area contributed by atoms with Crippen molar-refractivity contribution < 1.29 is 27.0 Å². The van der Waals surface area contributed by atoms with Crippen LogP contribution in [0.25, 0.3) is 11.5 Å². The molecule has 1 aliphatic heterocycles. The third-order valence-corrected chi connectivity index (χ3v) is 6.98. The van der Waals surface area contributed by atoms with Gasteiger partial charge in [0.2, 0.25) is 26.6 Å². The number of ether oxygens (including phenoxy) is 3. The number of fused-ring (bicyclic) bond motifs is 1. The number of sulfone groups is 1. The Hall–Kier alpha value is -3.98. The lowest BCUT2D eigenvalue weighted by Crippen LogP contribution is -2.16. The highest BCUT2D eigenvalue weighted by Crippen LogP contribution is 2.38.